The molecule has 3 aromatic heterocycles. The molecule has 215 valence electrons. The van der Waals surface area contributed by atoms with Crippen LogP contribution >= 0.6 is 0 Å². The quantitative estimate of drug-likeness (QED) is 0.168. The second-order valence-corrected chi connectivity index (χ2v) is 11.1. The average Bonchev–Trinajstić information content (AvgIpc) is 3.64. The number of benzene rings is 6. The van der Waals surface area contributed by atoms with Gasteiger partial charge >= 0.3 is 0 Å². The third kappa shape index (κ3) is 4.76. The van der Waals surface area contributed by atoms with Gasteiger partial charge in [-0.15, -0.1) is 35.4 Å². The van der Waals surface area contributed by atoms with E-state index in [2.05, 4.69) is 114 Å². The summed E-state index contributed by atoms with van der Waals surface area (Å²) in [6.07, 6.45) is 1.81. The van der Waals surface area contributed by atoms with Crippen LogP contribution in [0.25, 0.3) is 88.5 Å². The Kier molecular flexibility index (Phi) is 6.68. The van der Waals surface area contributed by atoms with Gasteiger partial charge < -0.3 is 13.8 Å². The Labute approximate surface area is 273 Å². The molecule has 0 spiro atoms. The zero-order valence-corrected chi connectivity index (χ0v) is 26.3. The number of hydrogen-bond donors (Lipinski definition) is 0. The van der Waals surface area contributed by atoms with Crippen LogP contribution in [0.4, 0.5) is 0 Å². The molecule has 0 saturated heterocycles. The molecule has 3 nitrogen and oxygen atoms in total. The van der Waals surface area contributed by atoms with Crippen molar-refractivity contribution in [2.24, 2.45) is 0 Å². The largest absolute Gasteiger partial charge is 0.456 e. The Hall–Kier alpha value is -5.28. The van der Waals surface area contributed by atoms with Gasteiger partial charge in [-0.05, 0) is 76.0 Å². The SMILES string of the molecule is [Ir].[c-]1ccc(-c2ccc3oc4cc5oc6cc(-c7cccc(-c8ccccc8)c7)ccc6c5cc4c3c2)cc1-c1ccccn1. The van der Waals surface area contributed by atoms with Crippen LogP contribution in [0.2, 0.25) is 0 Å². The van der Waals surface area contributed by atoms with Crippen molar-refractivity contribution in [3.05, 3.63) is 152 Å². The number of aromatic nitrogens is 1. The van der Waals surface area contributed by atoms with Crippen LogP contribution < -0.4 is 0 Å². The van der Waals surface area contributed by atoms with Gasteiger partial charge in [0.05, 0.1) is 0 Å². The molecular weight excluding hydrogens is 731 g/mol. The van der Waals surface area contributed by atoms with Gasteiger partial charge in [0.15, 0.2) is 0 Å². The molecule has 0 aliphatic rings. The van der Waals surface area contributed by atoms with E-state index in [1.807, 2.05) is 42.6 Å². The summed E-state index contributed by atoms with van der Waals surface area (Å²) < 4.78 is 12.7. The molecule has 9 rings (SSSR count). The monoisotopic (exact) mass is 755 g/mol. The molecule has 0 aliphatic heterocycles. The molecule has 0 bridgehead atoms. The number of furan rings is 2. The van der Waals surface area contributed by atoms with Crippen LogP contribution in [-0.4, -0.2) is 4.98 Å². The molecule has 0 atom stereocenters. The Balaban J connectivity index is 0.00000300. The number of fused-ring (bicyclic) bond motifs is 6. The fraction of sp³-hybridized carbons (Fsp3) is 0. The van der Waals surface area contributed by atoms with Crippen molar-refractivity contribution in [3.63, 3.8) is 0 Å². The molecule has 0 N–H and O–H groups in total. The van der Waals surface area contributed by atoms with Gasteiger partial charge in [-0.1, -0.05) is 72.8 Å². The molecule has 9 aromatic rings. The van der Waals surface area contributed by atoms with Crippen LogP contribution in [0, 0.1) is 6.07 Å². The van der Waals surface area contributed by atoms with Crippen molar-refractivity contribution >= 4 is 43.9 Å². The van der Waals surface area contributed by atoms with Gasteiger partial charge in [0.2, 0.25) is 0 Å². The fourth-order valence-electron chi connectivity index (χ4n) is 6.23. The summed E-state index contributed by atoms with van der Waals surface area (Å²) in [6.45, 7) is 0. The number of hydrogen-bond acceptors (Lipinski definition) is 3. The zero-order chi connectivity index (χ0) is 29.0. The van der Waals surface area contributed by atoms with Gasteiger partial charge in [0, 0.05) is 53.9 Å². The van der Waals surface area contributed by atoms with Crippen LogP contribution in [0.15, 0.2) is 155 Å². The van der Waals surface area contributed by atoms with E-state index < -0.39 is 0 Å². The predicted molar refractivity (Wildman–Crippen MR) is 179 cm³/mol. The minimum atomic E-state index is 0. The fourth-order valence-corrected chi connectivity index (χ4v) is 6.23. The first kappa shape index (κ1) is 27.3. The summed E-state index contributed by atoms with van der Waals surface area (Å²) in [7, 11) is 0. The van der Waals surface area contributed by atoms with Crippen molar-refractivity contribution in [2.45, 2.75) is 0 Å². The molecule has 6 aromatic carbocycles. The smallest absolute Gasteiger partial charge is 0.139 e. The summed E-state index contributed by atoms with van der Waals surface area (Å²) >= 11 is 0. The number of pyridine rings is 1. The topological polar surface area (TPSA) is 39.2 Å². The standard InChI is InChI=1S/C41H24NO2.Ir/c1-2-8-26(9-3-1)27-10-6-11-28(20-27)31-15-17-33-35-24-36-34-22-30(29-12-7-13-32(21-29)37-14-4-5-19-42-37)16-18-38(34)43-41(36)25-40(35)44-39(33)23-31;/h1-12,14-25H;/q-1;. The molecule has 4 heteroatoms. The summed E-state index contributed by atoms with van der Waals surface area (Å²) in [6, 6.07) is 51.7. The van der Waals surface area contributed by atoms with E-state index in [9.17, 15) is 0 Å². The molecule has 0 aliphatic carbocycles. The van der Waals surface area contributed by atoms with E-state index >= 15 is 0 Å². The van der Waals surface area contributed by atoms with Gasteiger partial charge in [-0.25, -0.2) is 0 Å². The van der Waals surface area contributed by atoms with Crippen molar-refractivity contribution in [3.8, 4) is 44.6 Å². The molecule has 1 radical (unpaired) electrons. The molecule has 3 heterocycles. The summed E-state index contributed by atoms with van der Waals surface area (Å²) in [4.78, 5) is 4.50. The van der Waals surface area contributed by atoms with Crippen molar-refractivity contribution < 1.29 is 28.9 Å². The van der Waals surface area contributed by atoms with E-state index in [-0.39, 0.29) is 20.1 Å². The van der Waals surface area contributed by atoms with E-state index in [1.165, 1.54) is 11.1 Å². The molecule has 0 saturated carbocycles. The predicted octanol–water partition coefficient (Wildman–Crippen LogP) is 11.3. The number of rotatable bonds is 4. The second kappa shape index (κ2) is 11.0. The Morgan fingerprint density at radius 1 is 0.422 bits per heavy atom. The van der Waals surface area contributed by atoms with Gasteiger partial charge in [0.1, 0.15) is 22.3 Å². The molecule has 45 heavy (non-hydrogen) atoms. The van der Waals surface area contributed by atoms with E-state index in [0.29, 0.717) is 0 Å². The van der Waals surface area contributed by atoms with Crippen LogP contribution in [0.1, 0.15) is 0 Å². The van der Waals surface area contributed by atoms with Crippen LogP contribution in [0.3, 0.4) is 0 Å². The summed E-state index contributed by atoms with van der Waals surface area (Å²) in [5, 5.41) is 4.32. The van der Waals surface area contributed by atoms with Crippen LogP contribution in [-0.2, 0) is 20.1 Å². The molecule has 0 unspecified atom stereocenters. The van der Waals surface area contributed by atoms with Crippen molar-refractivity contribution in [1.82, 2.24) is 4.98 Å². The summed E-state index contributed by atoms with van der Waals surface area (Å²) in [5.41, 5.74) is 12.1. The first-order valence-electron chi connectivity index (χ1n) is 14.7. The maximum Gasteiger partial charge on any atom is 0.139 e. The number of nitrogens with zero attached hydrogens (tertiary/aromatic N) is 1. The van der Waals surface area contributed by atoms with Gasteiger partial charge in [-0.2, -0.15) is 0 Å². The molecule has 0 fully saturated rings. The Bertz CT molecular complexity index is 2490. The van der Waals surface area contributed by atoms with Crippen LogP contribution in [0.5, 0.6) is 0 Å². The van der Waals surface area contributed by atoms with Gasteiger partial charge in [-0.3, -0.25) is 0 Å². The minimum Gasteiger partial charge on any atom is -0.456 e. The van der Waals surface area contributed by atoms with E-state index in [4.69, 9.17) is 8.83 Å². The van der Waals surface area contributed by atoms with Crippen molar-refractivity contribution in [1.29, 1.82) is 0 Å². The third-order valence-electron chi connectivity index (χ3n) is 8.44. The molecular formula is C41H24IrNO2-. The van der Waals surface area contributed by atoms with E-state index in [1.54, 1.807) is 0 Å². The maximum atomic E-state index is 6.41. The molecule has 0 amide bonds. The third-order valence-corrected chi connectivity index (χ3v) is 8.44. The summed E-state index contributed by atoms with van der Waals surface area (Å²) in [5.74, 6) is 0. The van der Waals surface area contributed by atoms with Gasteiger partial charge in [0.25, 0.3) is 0 Å². The minimum absolute atomic E-state index is 0. The van der Waals surface area contributed by atoms with E-state index in [0.717, 1.165) is 77.4 Å². The first-order valence-corrected chi connectivity index (χ1v) is 14.7. The Morgan fingerprint density at radius 3 is 1.91 bits per heavy atom. The second-order valence-electron chi connectivity index (χ2n) is 11.1. The zero-order valence-electron chi connectivity index (χ0n) is 24.0. The maximum absolute atomic E-state index is 6.41. The van der Waals surface area contributed by atoms with Crippen molar-refractivity contribution in [2.75, 3.05) is 0 Å². The normalized spacial score (nSPS) is 11.4. The first-order chi connectivity index (χ1) is 21.8. The average molecular weight is 755 g/mol. The Morgan fingerprint density at radius 2 is 1.07 bits per heavy atom.